The number of hydrogen-bond acceptors (Lipinski definition) is 4. The minimum Gasteiger partial charge on any atom is -0.383 e. The molecule has 7 heteroatoms. The average Bonchev–Trinajstić information content (AvgIpc) is 2.82. The smallest absolute Gasteiger partial charge is 0.244 e. The van der Waals surface area contributed by atoms with Crippen LogP contribution in [0.15, 0.2) is 41.4 Å². The monoisotopic (exact) mass is 309 g/mol. The lowest BCUT2D eigenvalue weighted by Gasteiger charge is -2.13. The van der Waals surface area contributed by atoms with Crippen molar-refractivity contribution in [3.8, 4) is 11.3 Å². The molecule has 0 radical (unpaired) electrons. The quantitative estimate of drug-likeness (QED) is 0.875. The SMILES string of the molecule is COCC(C)NS(=O)(=O)c1cn(C)nc1-c1ccccc1. The van der Waals surface area contributed by atoms with Crippen LogP contribution in [0.2, 0.25) is 0 Å². The van der Waals surface area contributed by atoms with Crippen molar-refractivity contribution in [3.63, 3.8) is 0 Å². The molecule has 0 saturated heterocycles. The van der Waals surface area contributed by atoms with Crippen LogP contribution in [0.1, 0.15) is 6.92 Å². The molecule has 0 aliphatic carbocycles. The molecule has 2 rings (SSSR count). The molecule has 21 heavy (non-hydrogen) atoms. The summed E-state index contributed by atoms with van der Waals surface area (Å²) >= 11 is 0. The van der Waals surface area contributed by atoms with Crippen molar-refractivity contribution in [2.24, 2.45) is 7.05 Å². The molecule has 0 amide bonds. The maximum atomic E-state index is 12.5. The minimum atomic E-state index is -3.65. The highest BCUT2D eigenvalue weighted by molar-refractivity contribution is 7.89. The molecule has 0 spiro atoms. The maximum absolute atomic E-state index is 12.5. The molecule has 0 aliphatic rings. The summed E-state index contributed by atoms with van der Waals surface area (Å²) < 4.78 is 34.1. The second-order valence-electron chi connectivity index (χ2n) is 4.86. The third-order valence-corrected chi connectivity index (χ3v) is 4.50. The number of aryl methyl sites for hydroxylation is 1. The molecular weight excluding hydrogens is 290 g/mol. The molecule has 1 atom stereocenters. The van der Waals surface area contributed by atoms with Crippen molar-refractivity contribution in [1.82, 2.24) is 14.5 Å². The Kier molecular flexibility index (Phi) is 4.76. The first-order valence-electron chi connectivity index (χ1n) is 6.54. The molecular formula is C14H19N3O3S. The molecule has 0 bridgehead atoms. The number of sulfonamides is 1. The van der Waals surface area contributed by atoms with E-state index in [2.05, 4.69) is 9.82 Å². The van der Waals surface area contributed by atoms with E-state index < -0.39 is 10.0 Å². The van der Waals surface area contributed by atoms with Crippen molar-refractivity contribution >= 4 is 10.0 Å². The highest BCUT2D eigenvalue weighted by Crippen LogP contribution is 2.25. The fourth-order valence-corrected chi connectivity index (χ4v) is 3.50. The van der Waals surface area contributed by atoms with Crippen molar-refractivity contribution < 1.29 is 13.2 Å². The van der Waals surface area contributed by atoms with E-state index in [-0.39, 0.29) is 10.9 Å². The summed E-state index contributed by atoms with van der Waals surface area (Å²) in [5.74, 6) is 0. The average molecular weight is 309 g/mol. The van der Waals surface area contributed by atoms with E-state index in [0.717, 1.165) is 5.56 Å². The highest BCUT2D eigenvalue weighted by atomic mass is 32.2. The van der Waals surface area contributed by atoms with Crippen molar-refractivity contribution in [3.05, 3.63) is 36.5 Å². The van der Waals surface area contributed by atoms with Crippen LogP contribution in [-0.2, 0) is 21.8 Å². The number of aromatic nitrogens is 2. The van der Waals surface area contributed by atoms with E-state index in [0.29, 0.717) is 12.3 Å². The van der Waals surface area contributed by atoms with Gasteiger partial charge in [0.15, 0.2) is 0 Å². The Morgan fingerprint density at radius 1 is 1.33 bits per heavy atom. The van der Waals surface area contributed by atoms with E-state index in [1.54, 1.807) is 14.0 Å². The van der Waals surface area contributed by atoms with E-state index >= 15 is 0 Å². The molecule has 1 unspecified atom stereocenters. The summed E-state index contributed by atoms with van der Waals surface area (Å²) in [6, 6.07) is 8.92. The van der Waals surface area contributed by atoms with Gasteiger partial charge in [0.25, 0.3) is 0 Å². The van der Waals surface area contributed by atoms with Crippen LogP contribution in [0.4, 0.5) is 0 Å². The Morgan fingerprint density at radius 3 is 2.62 bits per heavy atom. The van der Waals surface area contributed by atoms with Gasteiger partial charge in [-0.05, 0) is 6.92 Å². The molecule has 0 aliphatic heterocycles. The Labute approximate surface area is 124 Å². The summed E-state index contributed by atoms with van der Waals surface area (Å²) in [7, 11) is -0.423. The Balaban J connectivity index is 2.40. The molecule has 1 aromatic carbocycles. The number of rotatable bonds is 6. The van der Waals surface area contributed by atoms with E-state index in [9.17, 15) is 8.42 Å². The standard InChI is InChI=1S/C14H19N3O3S/c1-11(10-20-3)16-21(18,19)13-9-17(2)15-14(13)12-7-5-4-6-8-12/h4-9,11,16H,10H2,1-3H3. The van der Waals surface area contributed by atoms with E-state index in [1.165, 1.54) is 18.0 Å². The lowest BCUT2D eigenvalue weighted by Crippen LogP contribution is -2.35. The molecule has 6 nitrogen and oxygen atoms in total. The van der Waals surface area contributed by atoms with Gasteiger partial charge in [-0.2, -0.15) is 5.10 Å². The summed E-state index contributed by atoms with van der Waals surface area (Å²) in [6.07, 6.45) is 1.50. The van der Waals surface area contributed by atoms with Gasteiger partial charge in [0.2, 0.25) is 10.0 Å². The lowest BCUT2D eigenvalue weighted by atomic mass is 10.2. The summed E-state index contributed by atoms with van der Waals surface area (Å²) in [5.41, 5.74) is 1.20. The fraction of sp³-hybridized carbons (Fsp3) is 0.357. The van der Waals surface area contributed by atoms with Crippen LogP contribution in [0, 0.1) is 0 Å². The molecule has 1 heterocycles. The van der Waals surface area contributed by atoms with Crippen molar-refractivity contribution in [1.29, 1.82) is 0 Å². The molecule has 1 aromatic heterocycles. The van der Waals surface area contributed by atoms with Gasteiger partial charge in [-0.1, -0.05) is 30.3 Å². The number of hydrogen-bond donors (Lipinski definition) is 1. The van der Waals surface area contributed by atoms with Crippen molar-refractivity contribution in [2.75, 3.05) is 13.7 Å². The Hall–Kier alpha value is -1.70. The molecule has 1 N–H and O–H groups in total. The zero-order chi connectivity index (χ0) is 15.5. The van der Waals surface area contributed by atoms with E-state index in [1.807, 2.05) is 30.3 Å². The van der Waals surface area contributed by atoms with Crippen LogP contribution < -0.4 is 4.72 Å². The van der Waals surface area contributed by atoms with Crippen molar-refractivity contribution in [2.45, 2.75) is 17.9 Å². The molecule has 0 fully saturated rings. The van der Waals surface area contributed by atoms with Crippen LogP contribution in [-0.4, -0.2) is 38.0 Å². The number of ether oxygens (including phenoxy) is 1. The second-order valence-corrected chi connectivity index (χ2v) is 6.54. The summed E-state index contributed by atoms with van der Waals surface area (Å²) in [5, 5.41) is 4.27. The maximum Gasteiger partial charge on any atom is 0.244 e. The summed E-state index contributed by atoms with van der Waals surface area (Å²) in [4.78, 5) is 0.166. The zero-order valence-electron chi connectivity index (χ0n) is 12.3. The minimum absolute atomic E-state index is 0.166. The third-order valence-electron chi connectivity index (χ3n) is 2.90. The predicted molar refractivity (Wildman–Crippen MR) is 80.3 cm³/mol. The third kappa shape index (κ3) is 3.69. The van der Waals surface area contributed by atoms with Crippen LogP contribution in [0.25, 0.3) is 11.3 Å². The molecule has 114 valence electrons. The van der Waals surface area contributed by atoms with E-state index in [4.69, 9.17) is 4.74 Å². The number of nitrogens with zero attached hydrogens (tertiary/aromatic N) is 2. The number of methoxy groups -OCH3 is 1. The van der Waals surface area contributed by atoms with Gasteiger partial charge >= 0.3 is 0 Å². The lowest BCUT2D eigenvalue weighted by molar-refractivity contribution is 0.180. The van der Waals surface area contributed by atoms with Gasteiger partial charge < -0.3 is 4.74 Å². The molecule has 2 aromatic rings. The largest absolute Gasteiger partial charge is 0.383 e. The van der Waals surface area contributed by atoms with Gasteiger partial charge in [0, 0.05) is 32.0 Å². The van der Waals surface area contributed by atoms with Gasteiger partial charge in [0.05, 0.1) is 6.61 Å². The highest BCUT2D eigenvalue weighted by Gasteiger charge is 2.24. The van der Waals surface area contributed by atoms with Crippen LogP contribution in [0.5, 0.6) is 0 Å². The Morgan fingerprint density at radius 2 is 2.00 bits per heavy atom. The predicted octanol–water partition coefficient (Wildman–Crippen LogP) is 1.40. The first kappa shape index (κ1) is 15.7. The fourth-order valence-electron chi connectivity index (χ4n) is 2.07. The summed E-state index contributed by atoms with van der Waals surface area (Å²) in [6.45, 7) is 2.06. The van der Waals surface area contributed by atoms with Gasteiger partial charge in [-0.3, -0.25) is 4.68 Å². The topological polar surface area (TPSA) is 73.2 Å². The number of benzene rings is 1. The first-order chi connectivity index (χ1) is 9.94. The zero-order valence-corrected chi connectivity index (χ0v) is 13.1. The number of nitrogens with one attached hydrogen (secondary N) is 1. The van der Waals surface area contributed by atoms with Gasteiger partial charge in [-0.25, -0.2) is 13.1 Å². The van der Waals surface area contributed by atoms with Crippen LogP contribution in [0.3, 0.4) is 0 Å². The second kappa shape index (κ2) is 6.38. The van der Waals surface area contributed by atoms with Gasteiger partial charge in [0.1, 0.15) is 10.6 Å². The Bertz CT molecular complexity index is 696. The molecule has 0 saturated carbocycles. The first-order valence-corrected chi connectivity index (χ1v) is 8.02. The van der Waals surface area contributed by atoms with Gasteiger partial charge in [-0.15, -0.1) is 0 Å². The van der Waals surface area contributed by atoms with Crippen LogP contribution >= 0.6 is 0 Å². The normalized spacial score (nSPS) is 13.3.